The van der Waals surface area contributed by atoms with Crippen molar-refractivity contribution in [1.82, 2.24) is 9.88 Å². The van der Waals surface area contributed by atoms with Gasteiger partial charge in [-0.2, -0.15) is 0 Å². The topological polar surface area (TPSA) is 51.7 Å². The first-order valence-corrected chi connectivity index (χ1v) is 11.5. The Kier molecular flexibility index (Phi) is 6.85. The van der Waals surface area contributed by atoms with E-state index < -0.39 is 5.41 Å². The number of methoxy groups -OCH3 is 2. The maximum atomic E-state index is 13.8. The largest absolute Gasteiger partial charge is 0.497 e. The van der Waals surface area contributed by atoms with E-state index in [4.69, 9.17) is 9.47 Å². The quantitative estimate of drug-likeness (QED) is 0.449. The standard InChI is InChI=1S/C29H32N2O3/c1-20-9-11-21(12-10-20)18-31-19-29(2,3)28(32)25(16-22-8-6-7-15-30-22)27(31)24-17-23(33-4)13-14-26(24)34-5/h6-17,27H,18-19H2,1-5H3/b25-16+. The summed E-state index contributed by atoms with van der Waals surface area (Å²) in [4.78, 5) is 20.7. The maximum Gasteiger partial charge on any atom is 0.167 e. The van der Waals surface area contributed by atoms with Gasteiger partial charge in [0.25, 0.3) is 0 Å². The Hall–Kier alpha value is -3.44. The number of hydrogen-bond acceptors (Lipinski definition) is 5. The lowest BCUT2D eigenvalue weighted by molar-refractivity contribution is -0.128. The molecule has 3 aromatic rings. The van der Waals surface area contributed by atoms with E-state index in [-0.39, 0.29) is 11.8 Å². The van der Waals surface area contributed by atoms with Crippen LogP contribution in [0.4, 0.5) is 0 Å². The molecule has 0 saturated carbocycles. The van der Waals surface area contributed by atoms with Gasteiger partial charge in [0.05, 0.1) is 26.0 Å². The molecule has 2 heterocycles. The van der Waals surface area contributed by atoms with Crippen LogP contribution < -0.4 is 9.47 Å². The zero-order valence-electron chi connectivity index (χ0n) is 20.5. The summed E-state index contributed by atoms with van der Waals surface area (Å²) in [7, 11) is 3.31. The van der Waals surface area contributed by atoms with E-state index in [1.807, 2.05) is 56.3 Å². The van der Waals surface area contributed by atoms with Crippen LogP contribution in [0.2, 0.25) is 0 Å². The molecule has 1 aliphatic heterocycles. The molecule has 1 unspecified atom stereocenters. The van der Waals surface area contributed by atoms with Gasteiger partial charge in [-0.25, -0.2) is 0 Å². The van der Waals surface area contributed by atoms with Crippen molar-refractivity contribution in [2.24, 2.45) is 5.41 Å². The first kappa shape index (κ1) is 23.7. The Morgan fingerprint density at radius 1 is 1.06 bits per heavy atom. The highest BCUT2D eigenvalue weighted by atomic mass is 16.5. The Morgan fingerprint density at radius 3 is 2.47 bits per heavy atom. The summed E-state index contributed by atoms with van der Waals surface area (Å²) in [5.74, 6) is 1.56. The van der Waals surface area contributed by atoms with Gasteiger partial charge in [-0.15, -0.1) is 0 Å². The fourth-order valence-electron chi connectivity index (χ4n) is 4.64. The fourth-order valence-corrected chi connectivity index (χ4v) is 4.64. The summed E-state index contributed by atoms with van der Waals surface area (Å²) in [6.07, 6.45) is 3.67. The number of Topliss-reactive ketones (excluding diaryl/α,β-unsaturated/α-hetero) is 1. The molecule has 176 valence electrons. The molecule has 4 rings (SSSR count). The van der Waals surface area contributed by atoms with Crippen molar-refractivity contribution in [2.75, 3.05) is 20.8 Å². The van der Waals surface area contributed by atoms with Crippen LogP contribution in [-0.2, 0) is 11.3 Å². The number of ether oxygens (including phenoxy) is 2. The molecule has 0 radical (unpaired) electrons. The molecule has 0 N–H and O–H groups in total. The molecule has 34 heavy (non-hydrogen) atoms. The second kappa shape index (κ2) is 9.82. The zero-order valence-corrected chi connectivity index (χ0v) is 20.5. The van der Waals surface area contributed by atoms with E-state index in [0.717, 1.165) is 22.8 Å². The van der Waals surface area contributed by atoms with Gasteiger partial charge in [0.15, 0.2) is 5.78 Å². The highest BCUT2D eigenvalue weighted by Gasteiger charge is 2.44. The number of likely N-dealkylation sites (tertiary alicyclic amines) is 1. The van der Waals surface area contributed by atoms with E-state index in [1.54, 1.807) is 20.4 Å². The molecule has 0 amide bonds. The van der Waals surface area contributed by atoms with E-state index in [2.05, 4.69) is 41.1 Å². The second-order valence-electron chi connectivity index (χ2n) is 9.47. The lowest BCUT2D eigenvalue weighted by Crippen LogP contribution is -2.49. The van der Waals surface area contributed by atoms with Gasteiger partial charge in [-0.05, 0) is 48.9 Å². The lowest BCUT2D eigenvalue weighted by atomic mass is 9.74. The van der Waals surface area contributed by atoms with E-state index in [9.17, 15) is 4.79 Å². The number of benzene rings is 2. The van der Waals surface area contributed by atoms with Crippen molar-refractivity contribution >= 4 is 11.9 Å². The number of piperidine rings is 1. The van der Waals surface area contributed by atoms with Gasteiger partial charge < -0.3 is 9.47 Å². The van der Waals surface area contributed by atoms with Gasteiger partial charge >= 0.3 is 0 Å². The number of ketones is 1. The molecule has 1 aliphatic rings. The molecular formula is C29H32N2O3. The average molecular weight is 457 g/mol. The maximum absolute atomic E-state index is 13.8. The Balaban J connectivity index is 1.90. The minimum Gasteiger partial charge on any atom is -0.497 e. The number of hydrogen-bond donors (Lipinski definition) is 0. The van der Waals surface area contributed by atoms with Gasteiger partial charge in [0.2, 0.25) is 0 Å². The second-order valence-corrected chi connectivity index (χ2v) is 9.47. The normalized spacial score (nSPS) is 19.3. The number of aryl methyl sites for hydroxylation is 1. The smallest absolute Gasteiger partial charge is 0.167 e. The van der Waals surface area contributed by atoms with Gasteiger partial charge in [0, 0.05) is 35.8 Å². The Morgan fingerprint density at radius 2 is 1.82 bits per heavy atom. The fraction of sp³-hybridized carbons (Fsp3) is 0.310. The number of nitrogens with zero attached hydrogens (tertiary/aromatic N) is 2. The molecule has 1 fully saturated rings. The average Bonchev–Trinajstić information content (AvgIpc) is 2.84. The first-order valence-electron chi connectivity index (χ1n) is 11.5. The van der Waals surface area contributed by atoms with Crippen molar-refractivity contribution in [3.05, 3.63) is 94.8 Å². The first-order chi connectivity index (χ1) is 16.3. The molecule has 1 saturated heterocycles. The summed E-state index contributed by atoms with van der Waals surface area (Å²) < 4.78 is 11.3. The minimum absolute atomic E-state index is 0.119. The van der Waals surface area contributed by atoms with Crippen LogP contribution >= 0.6 is 0 Å². The van der Waals surface area contributed by atoms with Crippen molar-refractivity contribution in [2.45, 2.75) is 33.4 Å². The highest BCUT2D eigenvalue weighted by Crippen LogP contribution is 2.45. The van der Waals surface area contributed by atoms with Crippen LogP contribution in [0, 0.1) is 12.3 Å². The predicted molar refractivity (Wildman–Crippen MR) is 135 cm³/mol. The SMILES string of the molecule is COc1ccc(OC)c(C2/C(=C\c3ccccn3)C(=O)C(C)(C)CN2Cc2ccc(C)cc2)c1. The molecule has 0 spiro atoms. The molecule has 1 atom stereocenters. The summed E-state index contributed by atoms with van der Waals surface area (Å²) in [5, 5.41) is 0. The van der Waals surface area contributed by atoms with Crippen molar-refractivity contribution in [1.29, 1.82) is 0 Å². The van der Waals surface area contributed by atoms with Crippen molar-refractivity contribution in [3.63, 3.8) is 0 Å². The summed E-state index contributed by atoms with van der Waals surface area (Å²) in [6, 6.07) is 19.7. The summed E-state index contributed by atoms with van der Waals surface area (Å²) in [5.41, 5.74) is 4.23. The number of carbonyl (C=O) groups excluding carboxylic acids is 1. The van der Waals surface area contributed by atoms with Crippen molar-refractivity contribution < 1.29 is 14.3 Å². The number of pyridine rings is 1. The summed E-state index contributed by atoms with van der Waals surface area (Å²) in [6.45, 7) is 7.43. The molecule has 0 bridgehead atoms. The Bertz CT molecular complexity index is 1180. The highest BCUT2D eigenvalue weighted by molar-refractivity contribution is 6.05. The van der Waals surface area contributed by atoms with Crippen LogP contribution in [0.3, 0.4) is 0 Å². The Labute approximate surface area is 202 Å². The molecule has 5 heteroatoms. The third-order valence-electron chi connectivity index (χ3n) is 6.36. The van der Waals surface area contributed by atoms with Crippen LogP contribution in [0.5, 0.6) is 11.5 Å². The zero-order chi connectivity index (χ0) is 24.3. The third kappa shape index (κ3) is 4.90. The molecule has 2 aromatic carbocycles. The van der Waals surface area contributed by atoms with Gasteiger partial charge in [-0.3, -0.25) is 14.7 Å². The number of rotatable bonds is 6. The predicted octanol–water partition coefficient (Wildman–Crippen LogP) is 5.64. The minimum atomic E-state index is -0.548. The number of carbonyl (C=O) groups is 1. The van der Waals surface area contributed by atoms with Gasteiger partial charge in [0.1, 0.15) is 11.5 Å². The molecule has 1 aromatic heterocycles. The van der Waals surface area contributed by atoms with Crippen LogP contribution in [0.15, 0.2) is 72.4 Å². The molecular weight excluding hydrogens is 424 g/mol. The van der Waals surface area contributed by atoms with E-state index in [1.165, 1.54) is 11.1 Å². The van der Waals surface area contributed by atoms with E-state index in [0.29, 0.717) is 18.7 Å². The van der Waals surface area contributed by atoms with Crippen LogP contribution in [0.25, 0.3) is 6.08 Å². The third-order valence-corrected chi connectivity index (χ3v) is 6.36. The lowest BCUT2D eigenvalue weighted by Gasteiger charge is -2.44. The summed E-state index contributed by atoms with van der Waals surface area (Å²) >= 11 is 0. The monoisotopic (exact) mass is 456 g/mol. The molecule has 0 aliphatic carbocycles. The van der Waals surface area contributed by atoms with Crippen LogP contribution in [0.1, 0.15) is 42.3 Å². The molecule has 5 nitrogen and oxygen atoms in total. The van der Waals surface area contributed by atoms with Gasteiger partial charge in [-0.1, -0.05) is 49.7 Å². The van der Waals surface area contributed by atoms with Crippen LogP contribution in [-0.4, -0.2) is 36.4 Å². The van der Waals surface area contributed by atoms with E-state index >= 15 is 0 Å². The number of aromatic nitrogens is 1. The van der Waals surface area contributed by atoms with Crippen molar-refractivity contribution in [3.8, 4) is 11.5 Å².